The van der Waals surface area contributed by atoms with E-state index < -0.39 is 5.25 Å². The Kier molecular flexibility index (Phi) is 5.86. The van der Waals surface area contributed by atoms with Crippen molar-refractivity contribution in [3.63, 3.8) is 0 Å². The molecule has 3 rings (SSSR count). The number of nitrogens with zero attached hydrogens (tertiary/aromatic N) is 5. The molecule has 2 amide bonds. The van der Waals surface area contributed by atoms with Crippen LogP contribution in [0.25, 0.3) is 0 Å². The van der Waals surface area contributed by atoms with E-state index in [4.69, 9.17) is 11.6 Å². The van der Waals surface area contributed by atoms with Crippen LogP contribution in [-0.4, -0.2) is 48.7 Å². The van der Waals surface area contributed by atoms with E-state index in [1.807, 2.05) is 20.8 Å². The molecule has 1 aromatic heterocycles. The third-order valence-electron chi connectivity index (χ3n) is 4.30. The van der Waals surface area contributed by atoms with Crippen LogP contribution in [-0.2, 0) is 10.3 Å². The Balaban J connectivity index is 1.81. The molecule has 0 spiro atoms. The van der Waals surface area contributed by atoms with Crippen molar-refractivity contribution in [2.75, 3.05) is 6.54 Å². The fourth-order valence-corrected chi connectivity index (χ4v) is 4.25. The summed E-state index contributed by atoms with van der Waals surface area (Å²) in [6, 6.07) is 6.60. The Bertz CT molecular complexity index is 831. The van der Waals surface area contributed by atoms with Gasteiger partial charge in [-0.1, -0.05) is 29.8 Å². The molecule has 27 heavy (non-hydrogen) atoms. The van der Waals surface area contributed by atoms with E-state index in [-0.39, 0.29) is 17.4 Å². The molecule has 2 aromatic rings. The molecule has 1 aromatic carbocycles. The molecule has 0 aliphatic carbocycles. The topological polar surface area (TPSA) is 81.0 Å². The van der Waals surface area contributed by atoms with Crippen LogP contribution in [0, 0.1) is 0 Å². The number of rotatable bonds is 3. The highest BCUT2D eigenvalue weighted by molar-refractivity contribution is 8.00. The average Bonchev–Trinajstić information content (AvgIpc) is 3.01. The lowest BCUT2D eigenvalue weighted by atomic mass is 10.1. The Morgan fingerprint density at radius 1 is 1.22 bits per heavy atom. The number of imide groups is 1. The minimum absolute atomic E-state index is 0.194. The summed E-state index contributed by atoms with van der Waals surface area (Å²) >= 11 is 7.22. The summed E-state index contributed by atoms with van der Waals surface area (Å²) in [5, 5.41) is 12.6. The van der Waals surface area contributed by atoms with Crippen LogP contribution >= 0.6 is 23.4 Å². The quantitative estimate of drug-likeness (QED) is 0.725. The summed E-state index contributed by atoms with van der Waals surface area (Å²) in [6.07, 6.45) is 2.34. The van der Waals surface area contributed by atoms with Gasteiger partial charge in [-0.15, -0.1) is 5.10 Å². The van der Waals surface area contributed by atoms with Gasteiger partial charge in [0.05, 0.1) is 10.8 Å². The third-order valence-corrected chi connectivity index (χ3v) is 5.74. The number of halogens is 1. The summed E-state index contributed by atoms with van der Waals surface area (Å²) in [5.41, 5.74) is 0.163. The lowest BCUT2D eigenvalue weighted by Crippen LogP contribution is -2.41. The van der Waals surface area contributed by atoms with Crippen molar-refractivity contribution in [1.82, 2.24) is 25.1 Å². The maximum absolute atomic E-state index is 13.1. The molecule has 9 heteroatoms. The first-order valence-electron chi connectivity index (χ1n) is 8.84. The molecular formula is C18H22ClN5O2S. The molecule has 0 N–H and O–H groups in total. The van der Waals surface area contributed by atoms with E-state index in [9.17, 15) is 9.59 Å². The first-order valence-corrected chi connectivity index (χ1v) is 10.1. The van der Waals surface area contributed by atoms with Gasteiger partial charge < -0.3 is 0 Å². The van der Waals surface area contributed by atoms with Crippen molar-refractivity contribution in [2.45, 2.75) is 56.0 Å². The highest BCUT2D eigenvalue weighted by atomic mass is 35.5. The van der Waals surface area contributed by atoms with E-state index in [1.165, 1.54) is 16.7 Å². The van der Waals surface area contributed by atoms with Crippen LogP contribution in [0.2, 0.25) is 5.02 Å². The van der Waals surface area contributed by atoms with E-state index in [2.05, 4.69) is 15.5 Å². The number of carbonyl (C=O) groups is 2. The van der Waals surface area contributed by atoms with Crippen molar-refractivity contribution in [3.05, 3.63) is 34.9 Å². The first kappa shape index (κ1) is 19.8. The summed E-state index contributed by atoms with van der Waals surface area (Å²) in [7, 11) is 0. The number of likely N-dealkylation sites (tertiary alicyclic amines) is 1. The minimum atomic E-state index is -0.393. The summed E-state index contributed by atoms with van der Waals surface area (Å²) in [5.74, 6) is -0.486. The van der Waals surface area contributed by atoms with Gasteiger partial charge in [0.1, 0.15) is 0 Å². The Labute approximate surface area is 167 Å². The fraction of sp³-hybridized carbons (Fsp3) is 0.500. The molecule has 1 aliphatic rings. The molecule has 1 saturated heterocycles. The second-order valence-corrected chi connectivity index (χ2v) is 9.05. The maximum Gasteiger partial charge on any atom is 0.260 e. The van der Waals surface area contributed by atoms with Crippen LogP contribution in [0.15, 0.2) is 29.4 Å². The minimum Gasteiger partial charge on any atom is -0.278 e. The predicted molar refractivity (Wildman–Crippen MR) is 104 cm³/mol. The first-order chi connectivity index (χ1) is 12.8. The van der Waals surface area contributed by atoms with Crippen molar-refractivity contribution in [2.24, 2.45) is 0 Å². The van der Waals surface area contributed by atoms with Crippen LogP contribution in [0.4, 0.5) is 0 Å². The van der Waals surface area contributed by atoms with Gasteiger partial charge in [-0.3, -0.25) is 14.5 Å². The van der Waals surface area contributed by atoms with Crippen LogP contribution < -0.4 is 0 Å². The molecule has 0 bridgehead atoms. The number of amides is 2. The number of tetrazole rings is 1. The number of benzene rings is 1. The predicted octanol–water partition coefficient (Wildman–Crippen LogP) is 3.40. The van der Waals surface area contributed by atoms with E-state index in [1.54, 1.807) is 28.9 Å². The molecule has 7 nitrogen and oxygen atoms in total. The lowest BCUT2D eigenvalue weighted by Gasteiger charge is -2.24. The number of carbonyl (C=O) groups excluding carboxylic acids is 2. The van der Waals surface area contributed by atoms with Crippen molar-refractivity contribution < 1.29 is 9.59 Å². The molecular weight excluding hydrogens is 386 g/mol. The van der Waals surface area contributed by atoms with Gasteiger partial charge in [0.25, 0.3) is 5.91 Å². The molecule has 1 aliphatic heterocycles. The normalized spacial score (nSPS) is 18.4. The smallest absolute Gasteiger partial charge is 0.260 e. The van der Waals surface area contributed by atoms with Crippen LogP contribution in [0.5, 0.6) is 0 Å². The molecule has 1 atom stereocenters. The Hall–Kier alpha value is -1.93. The molecule has 0 radical (unpaired) electrons. The standard InChI is InChI=1S/C18H22ClN5O2S/c1-18(2,3)24-17(20-21-22-24)27-14-6-4-5-11-23(16(14)26)15(25)12-7-9-13(19)10-8-12/h7-10,14H,4-6,11H2,1-3H3/t14-/m0/s1. The summed E-state index contributed by atoms with van der Waals surface area (Å²) in [4.78, 5) is 27.3. The third kappa shape index (κ3) is 4.50. The van der Waals surface area contributed by atoms with Crippen LogP contribution in [0.1, 0.15) is 50.4 Å². The van der Waals surface area contributed by atoms with Gasteiger partial charge in [0, 0.05) is 17.1 Å². The molecule has 1 fully saturated rings. The van der Waals surface area contributed by atoms with Crippen LogP contribution in [0.3, 0.4) is 0 Å². The molecule has 0 unspecified atom stereocenters. The lowest BCUT2D eigenvalue weighted by molar-refractivity contribution is -0.127. The average molecular weight is 408 g/mol. The number of hydrogen-bond donors (Lipinski definition) is 0. The van der Waals surface area contributed by atoms with Gasteiger partial charge in [-0.25, -0.2) is 4.68 Å². The molecule has 144 valence electrons. The van der Waals surface area contributed by atoms with Gasteiger partial charge in [-0.05, 0) is 68.3 Å². The number of thioether (sulfide) groups is 1. The molecule has 0 saturated carbocycles. The second kappa shape index (κ2) is 7.98. The Morgan fingerprint density at radius 3 is 2.59 bits per heavy atom. The van der Waals surface area contributed by atoms with Gasteiger partial charge in [0.2, 0.25) is 11.1 Å². The second-order valence-electron chi connectivity index (χ2n) is 7.45. The van der Waals surface area contributed by atoms with Crippen molar-refractivity contribution >= 4 is 35.2 Å². The zero-order valence-electron chi connectivity index (χ0n) is 15.6. The monoisotopic (exact) mass is 407 g/mol. The van der Waals surface area contributed by atoms with Gasteiger partial charge >= 0.3 is 0 Å². The summed E-state index contributed by atoms with van der Waals surface area (Å²) < 4.78 is 1.71. The maximum atomic E-state index is 13.1. The SMILES string of the molecule is CC(C)(C)n1nnnc1S[C@H]1CCCCN(C(=O)c2ccc(Cl)cc2)C1=O. The van der Waals surface area contributed by atoms with Gasteiger partial charge in [-0.2, -0.15) is 0 Å². The van der Waals surface area contributed by atoms with E-state index in [0.717, 1.165) is 12.8 Å². The number of aromatic nitrogens is 4. The van der Waals surface area contributed by atoms with Crippen molar-refractivity contribution in [1.29, 1.82) is 0 Å². The zero-order valence-corrected chi connectivity index (χ0v) is 17.1. The van der Waals surface area contributed by atoms with Crippen molar-refractivity contribution in [3.8, 4) is 0 Å². The summed E-state index contributed by atoms with van der Waals surface area (Å²) in [6.45, 7) is 6.41. The van der Waals surface area contributed by atoms with E-state index >= 15 is 0 Å². The highest BCUT2D eigenvalue weighted by Gasteiger charge is 2.34. The zero-order chi connectivity index (χ0) is 19.6. The Morgan fingerprint density at radius 2 is 1.93 bits per heavy atom. The van der Waals surface area contributed by atoms with E-state index in [0.29, 0.717) is 28.7 Å². The largest absolute Gasteiger partial charge is 0.278 e. The fourth-order valence-electron chi connectivity index (χ4n) is 2.87. The number of hydrogen-bond acceptors (Lipinski definition) is 6. The highest BCUT2D eigenvalue weighted by Crippen LogP contribution is 2.31. The molecule has 2 heterocycles. The van der Waals surface area contributed by atoms with Gasteiger partial charge in [0.15, 0.2) is 0 Å².